The average Bonchev–Trinajstić information content (AvgIpc) is 3.08. The van der Waals surface area contributed by atoms with Crippen molar-refractivity contribution < 1.29 is 4.79 Å². The lowest BCUT2D eigenvalue weighted by Crippen LogP contribution is -2.46. The average molecular weight is 293 g/mol. The number of carbonyl (C=O) groups excluding carboxylic acids is 1. The fourth-order valence-corrected chi connectivity index (χ4v) is 4.24. The topological polar surface area (TPSA) is 35.6 Å². The monoisotopic (exact) mass is 293 g/mol. The van der Waals surface area contributed by atoms with Gasteiger partial charge < -0.3 is 15.1 Å². The van der Waals surface area contributed by atoms with Gasteiger partial charge in [-0.15, -0.1) is 0 Å². The second-order valence-electron chi connectivity index (χ2n) is 7.09. The SMILES string of the molecule is O=C(CCC1CCNCC1)N1CCC(N2CCCC2)CC1. The number of piperidine rings is 2. The molecule has 0 spiro atoms. The predicted octanol–water partition coefficient (Wildman–Crippen LogP) is 1.85. The number of amides is 1. The summed E-state index contributed by atoms with van der Waals surface area (Å²) >= 11 is 0. The molecule has 3 aliphatic rings. The second kappa shape index (κ2) is 7.59. The van der Waals surface area contributed by atoms with Crippen LogP contribution >= 0.6 is 0 Å². The molecule has 3 fully saturated rings. The minimum atomic E-state index is 0.411. The van der Waals surface area contributed by atoms with Crippen molar-refractivity contribution in [2.24, 2.45) is 5.92 Å². The Morgan fingerprint density at radius 1 is 0.952 bits per heavy atom. The summed E-state index contributed by atoms with van der Waals surface area (Å²) in [5, 5.41) is 3.40. The van der Waals surface area contributed by atoms with Crippen molar-refractivity contribution in [2.75, 3.05) is 39.3 Å². The fourth-order valence-electron chi connectivity index (χ4n) is 4.24. The van der Waals surface area contributed by atoms with Crippen LogP contribution in [0.4, 0.5) is 0 Å². The Bertz CT molecular complexity index is 327. The van der Waals surface area contributed by atoms with Gasteiger partial charge in [0.2, 0.25) is 5.91 Å². The Balaban J connectivity index is 1.36. The summed E-state index contributed by atoms with van der Waals surface area (Å²) in [5.41, 5.74) is 0. The number of nitrogens with zero attached hydrogens (tertiary/aromatic N) is 2. The van der Waals surface area contributed by atoms with E-state index < -0.39 is 0 Å². The lowest BCUT2D eigenvalue weighted by atomic mass is 9.92. The van der Waals surface area contributed by atoms with Gasteiger partial charge in [-0.1, -0.05) is 0 Å². The molecule has 0 aromatic heterocycles. The minimum Gasteiger partial charge on any atom is -0.343 e. The van der Waals surface area contributed by atoms with E-state index in [1.165, 1.54) is 51.6 Å². The summed E-state index contributed by atoms with van der Waals surface area (Å²) in [7, 11) is 0. The van der Waals surface area contributed by atoms with Crippen molar-refractivity contribution in [3.63, 3.8) is 0 Å². The zero-order chi connectivity index (χ0) is 14.5. The molecule has 21 heavy (non-hydrogen) atoms. The third-order valence-corrected chi connectivity index (χ3v) is 5.70. The molecule has 3 rings (SSSR count). The van der Waals surface area contributed by atoms with Gasteiger partial charge in [0.15, 0.2) is 0 Å². The molecule has 3 aliphatic heterocycles. The molecule has 1 amide bonds. The number of likely N-dealkylation sites (tertiary alicyclic amines) is 2. The summed E-state index contributed by atoms with van der Waals surface area (Å²) in [4.78, 5) is 17.1. The van der Waals surface area contributed by atoms with Crippen molar-refractivity contribution in [2.45, 2.75) is 57.4 Å². The Morgan fingerprint density at radius 2 is 1.62 bits per heavy atom. The first-order chi connectivity index (χ1) is 10.3. The minimum absolute atomic E-state index is 0.411. The molecule has 0 atom stereocenters. The highest BCUT2D eigenvalue weighted by Gasteiger charge is 2.28. The normalized spacial score (nSPS) is 26.4. The number of rotatable bonds is 4. The number of hydrogen-bond donors (Lipinski definition) is 1. The molecule has 3 saturated heterocycles. The van der Waals surface area contributed by atoms with Crippen LogP contribution in [0.2, 0.25) is 0 Å². The molecule has 0 aliphatic carbocycles. The summed E-state index contributed by atoms with van der Waals surface area (Å²) in [6.45, 7) is 6.83. The molecule has 4 nitrogen and oxygen atoms in total. The maximum atomic E-state index is 12.4. The van der Waals surface area contributed by atoms with E-state index >= 15 is 0 Å². The highest BCUT2D eigenvalue weighted by atomic mass is 16.2. The van der Waals surface area contributed by atoms with Crippen molar-refractivity contribution in [3.8, 4) is 0 Å². The van der Waals surface area contributed by atoms with Crippen LogP contribution in [0.15, 0.2) is 0 Å². The van der Waals surface area contributed by atoms with E-state index in [2.05, 4.69) is 15.1 Å². The van der Waals surface area contributed by atoms with Gasteiger partial charge in [0.25, 0.3) is 0 Å². The van der Waals surface area contributed by atoms with E-state index in [1.54, 1.807) is 0 Å². The van der Waals surface area contributed by atoms with Crippen LogP contribution in [-0.2, 0) is 4.79 Å². The first-order valence-corrected chi connectivity index (χ1v) is 9.05. The molecule has 3 heterocycles. The summed E-state index contributed by atoms with van der Waals surface area (Å²) in [6, 6.07) is 0.751. The molecule has 0 saturated carbocycles. The van der Waals surface area contributed by atoms with E-state index in [4.69, 9.17) is 0 Å². The lowest BCUT2D eigenvalue weighted by molar-refractivity contribution is -0.133. The zero-order valence-electron chi connectivity index (χ0n) is 13.4. The summed E-state index contributed by atoms with van der Waals surface area (Å²) in [5.74, 6) is 1.19. The smallest absolute Gasteiger partial charge is 0.222 e. The molecule has 120 valence electrons. The Kier molecular flexibility index (Phi) is 5.53. The molecule has 0 aromatic rings. The Morgan fingerprint density at radius 3 is 2.29 bits per heavy atom. The Hall–Kier alpha value is -0.610. The van der Waals surface area contributed by atoms with Crippen LogP contribution in [-0.4, -0.2) is 61.0 Å². The van der Waals surface area contributed by atoms with Crippen molar-refractivity contribution >= 4 is 5.91 Å². The van der Waals surface area contributed by atoms with Crippen LogP contribution in [0.25, 0.3) is 0 Å². The molecular formula is C17H31N3O. The van der Waals surface area contributed by atoms with E-state index in [0.29, 0.717) is 5.91 Å². The fraction of sp³-hybridized carbons (Fsp3) is 0.941. The van der Waals surface area contributed by atoms with Gasteiger partial charge in [-0.3, -0.25) is 4.79 Å². The zero-order valence-corrected chi connectivity index (χ0v) is 13.4. The summed E-state index contributed by atoms with van der Waals surface area (Å²) < 4.78 is 0. The molecular weight excluding hydrogens is 262 g/mol. The largest absolute Gasteiger partial charge is 0.343 e. The van der Waals surface area contributed by atoms with Crippen molar-refractivity contribution in [1.29, 1.82) is 0 Å². The maximum Gasteiger partial charge on any atom is 0.222 e. The number of nitrogens with one attached hydrogen (secondary N) is 1. The quantitative estimate of drug-likeness (QED) is 0.859. The highest BCUT2D eigenvalue weighted by molar-refractivity contribution is 5.76. The Labute approximate surface area is 129 Å². The van der Waals surface area contributed by atoms with Crippen LogP contribution < -0.4 is 5.32 Å². The molecule has 4 heteroatoms. The van der Waals surface area contributed by atoms with Gasteiger partial charge in [0, 0.05) is 25.6 Å². The van der Waals surface area contributed by atoms with E-state index in [9.17, 15) is 4.79 Å². The van der Waals surface area contributed by atoms with Gasteiger partial charge in [0.1, 0.15) is 0 Å². The van der Waals surface area contributed by atoms with Crippen molar-refractivity contribution in [3.05, 3.63) is 0 Å². The van der Waals surface area contributed by atoms with Gasteiger partial charge in [-0.2, -0.15) is 0 Å². The standard InChI is InChI=1S/C17H31N3O/c21-17(4-3-15-5-9-18-10-6-15)20-13-7-16(8-14-20)19-11-1-2-12-19/h15-16,18H,1-14H2. The molecule has 0 unspecified atom stereocenters. The molecule has 0 radical (unpaired) electrons. The van der Waals surface area contributed by atoms with Gasteiger partial charge >= 0.3 is 0 Å². The van der Waals surface area contributed by atoms with Crippen molar-refractivity contribution in [1.82, 2.24) is 15.1 Å². The van der Waals surface area contributed by atoms with Gasteiger partial charge in [-0.25, -0.2) is 0 Å². The maximum absolute atomic E-state index is 12.4. The van der Waals surface area contributed by atoms with E-state index in [1.807, 2.05) is 0 Å². The second-order valence-corrected chi connectivity index (χ2v) is 7.09. The van der Waals surface area contributed by atoms with Gasteiger partial charge in [0.05, 0.1) is 0 Å². The van der Waals surface area contributed by atoms with Crippen LogP contribution in [0.1, 0.15) is 51.4 Å². The molecule has 1 N–H and O–H groups in total. The first-order valence-electron chi connectivity index (χ1n) is 9.05. The molecule has 0 aromatic carbocycles. The molecule has 0 bridgehead atoms. The van der Waals surface area contributed by atoms with E-state index in [-0.39, 0.29) is 0 Å². The van der Waals surface area contributed by atoms with Crippen LogP contribution in [0.3, 0.4) is 0 Å². The van der Waals surface area contributed by atoms with Gasteiger partial charge in [-0.05, 0) is 77.0 Å². The number of hydrogen-bond acceptors (Lipinski definition) is 3. The highest BCUT2D eigenvalue weighted by Crippen LogP contribution is 2.23. The van der Waals surface area contributed by atoms with Crippen LogP contribution in [0.5, 0.6) is 0 Å². The van der Waals surface area contributed by atoms with E-state index in [0.717, 1.165) is 51.0 Å². The lowest BCUT2D eigenvalue weighted by Gasteiger charge is -2.37. The van der Waals surface area contributed by atoms with Crippen LogP contribution in [0, 0.1) is 5.92 Å². The third-order valence-electron chi connectivity index (χ3n) is 5.70. The predicted molar refractivity (Wildman–Crippen MR) is 85.2 cm³/mol. The number of carbonyl (C=O) groups is 1. The third kappa shape index (κ3) is 4.19. The summed E-state index contributed by atoms with van der Waals surface area (Å²) in [6.07, 6.45) is 9.52. The first kappa shape index (κ1) is 15.3.